The van der Waals surface area contributed by atoms with Gasteiger partial charge in [-0.1, -0.05) is 15.9 Å². The lowest BCUT2D eigenvalue weighted by molar-refractivity contribution is -0.00967. The summed E-state index contributed by atoms with van der Waals surface area (Å²) < 4.78 is 11.8. The predicted octanol–water partition coefficient (Wildman–Crippen LogP) is 2.66. The molecule has 0 saturated carbocycles. The van der Waals surface area contributed by atoms with Crippen molar-refractivity contribution in [2.24, 2.45) is 0 Å². The molecule has 0 bridgehead atoms. The molecule has 21 heavy (non-hydrogen) atoms. The number of nitrogens with zero attached hydrogens (tertiary/aromatic N) is 1. The largest absolute Gasteiger partial charge is 0.497 e. The van der Waals surface area contributed by atoms with Crippen molar-refractivity contribution >= 4 is 15.9 Å². The van der Waals surface area contributed by atoms with Crippen LogP contribution in [0.2, 0.25) is 0 Å². The zero-order valence-electron chi connectivity index (χ0n) is 13.1. The number of rotatable bonds is 6. The van der Waals surface area contributed by atoms with Crippen LogP contribution in [0.15, 0.2) is 22.7 Å². The highest BCUT2D eigenvalue weighted by atomic mass is 79.9. The van der Waals surface area contributed by atoms with Gasteiger partial charge in [0.25, 0.3) is 0 Å². The minimum atomic E-state index is 0.134. The van der Waals surface area contributed by atoms with E-state index in [-0.39, 0.29) is 5.54 Å². The second-order valence-corrected chi connectivity index (χ2v) is 6.83. The maximum Gasteiger partial charge on any atom is 0.119 e. The first-order valence-electron chi connectivity index (χ1n) is 7.39. The first-order valence-corrected chi connectivity index (χ1v) is 8.18. The van der Waals surface area contributed by atoms with Gasteiger partial charge >= 0.3 is 0 Å². The monoisotopic (exact) mass is 356 g/mol. The lowest BCUT2D eigenvalue weighted by atomic mass is 10.0. The third kappa shape index (κ3) is 4.68. The zero-order valence-corrected chi connectivity index (χ0v) is 14.7. The Labute approximate surface area is 135 Å². The summed E-state index contributed by atoms with van der Waals surface area (Å²) in [5.74, 6) is 0.891. The molecule has 0 aromatic heterocycles. The Hall–Kier alpha value is -0.620. The first kappa shape index (κ1) is 16.7. The highest BCUT2D eigenvalue weighted by Gasteiger charge is 2.27. The second kappa shape index (κ2) is 7.58. The molecule has 1 fully saturated rings. The fraction of sp³-hybridized carbons (Fsp3) is 0.625. The quantitative estimate of drug-likeness (QED) is 0.849. The lowest BCUT2D eigenvalue weighted by Gasteiger charge is -2.41. The van der Waals surface area contributed by atoms with E-state index in [1.54, 1.807) is 7.11 Å². The second-order valence-electron chi connectivity index (χ2n) is 5.97. The maximum absolute atomic E-state index is 5.43. The van der Waals surface area contributed by atoms with Gasteiger partial charge in [0.2, 0.25) is 0 Å². The van der Waals surface area contributed by atoms with E-state index in [2.05, 4.69) is 46.1 Å². The van der Waals surface area contributed by atoms with Gasteiger partial charge in [0, 0.05) is 36.2 Å². The van der Waals surface area contributed by atoms with Crippen LogP contribution in [0.5, 0.6) is 5.75 Å². The number of ether oxygens (including phenoxy) is 2. The predicted molar refractivity (Wildman–Crippen MR) is 88.9 cm³/mol. The Kier molecular flexibility index (Phi) is 6.05. The molecule has 0 atom stereocenters. The summed E-state index contributed by atoms with van der Waals surface area (Å²) in [4.78, 5) is 2.49. The van der Waals surface area contributed by atoms with Gasteiger partial charge in [-0.25, -0.2) is 0 Å². The van der Waals surface area contributed by atoms with E-state index in [0.29, 0.717) is 0 Å². The first-order chi connectivity index (χ1) is 10.0. The molecule has 0 unspecified atom stereocenters. The van der Waals surface area contributed by atoms with Crippen LogP contribution in [0, 0.1) is 0 Å². The summed E-state index contributed by atoms with van der Waals surface area (Å²) in [6.07, 6.45) is 0. The third-order valence-electron chi connectivity index (χ3n) is 3.99. The molecule has 1 saturated heterocycles. The summed E-state index contributed by atoms with van der Waals surface area (Å²) in [5.41, 5.74) is 1.35. The van der Waals surface area contributed by atoms with E-state index in [4.69, 9.17) is 9.47 Å². The number of halogens is 1. The van der Waals surface area contributed by atoms with Gasteiger partial charge in [-0.3, -0.25) is 4.90 Å². The van der Waals surface area contributed by atoms with Crippen LogP contribution in [-0.2, 0) is 11.3 Å². The number of nitrogens with one attached hydrogen (secondary N) is 1. The number of benzene rings is 1. The van der Waals surface area contributed by atoms with E-state index >= 15 is 0 Å². The highest BCUT2D eigenvalue weighted by Crippen LogP contribution is 2.22. The SMILES string of the molecule is COc1ccc(Br)c(CNCC(C)(C)N2CCOCC2)c1. The fourth-order valence-electron chi connectivity index (χ4n) is 2.60. The van der Waals surface area contributed by atoms with Gasteiger partial charge < -0.3 is 14.8 Å². The van der Waals surface area contributed by atoms with Crippen molar-refractivity contribution in [3.63, 3.8) is 0 Å². The molecule has 5 heteroatoms. The Morgan fingerprint density at radius 3 is 2.71 bits per heavy atom. The Bertz CT molecular complexity index is 460. The van der Waals surface area contributed by atoms with Crippen LogP contribution in [0.4, 0.5) is 0 Å². The van der Waals surface area contributed by atoms with Gasteiger partial charge in [0.15, 0.2) is 0 Å². The molecule has 118 valence electrons. The van der Waals surface area contributed by atoms with E-state index in [1.165, 1.54) is 5.56 Å². The topological polar surface area (TPSA) is 33.7 Å². The van der Waals surface area contributed by atoms with Gasteiger partial charge in [-0.2, -0.15) is 0 Å². The molecular weight excluding hydrogens is 332 g/mol. The molecule has 1 aliphatic heterocycles. The van der Waals surface area contributed by atoms with Crippen molar-refractivity contribution in [3.05, 3.63) is 28.2 Å². The van der Waals surface area contributed by atoms with Crippen LogP contribution in [0.1, 0.15) is 19.4 Å². The zero-order chi connectivity index (χ0) is 15.3. The molecule has 0 amide bonds. The molecule has 0 spiro atoms. The fourth-order valence-corrected chi connectivity index (χ4v) is 2.98. The number of methoxy groups -OCH3 is 1. The Morgan fingerprint density at radius 2 is 2.05 bits per heavy atom. The van der Waals surface area contributed by atoms with E-state index in [0.717, 1.165) is 49.6 Å². The number of morpholine rings is 1. The average Bonchev–Trinajstić information content (AvgIpc) is 2.50. The smallest absolute Gasteiger partial charge is 0.119 e. The molecule has 1 N–H and O–H groups in total. The minimum absolute atomic E-state index is 0.134. The average molecular weight is 357 g/mol. The Morgan fingerprint density at radius 1 is 1.33 bits per heavy atom. The number of hydrogen-bond acceptors (Lipinski definition) is 4. The van der Waals surface area contributed by atoms with Crippen molar-refractivity contribution < 1.29 is 9.47 Å². The van der Waals surface area contributed by atoms with Crippen molar-refractivity contribution in [3.8, 4) is 5.75 Å². The van der Waals surface area contributed by atoms with Crippen molar-refractivity contribution in [2.75, 3.05) is 40.0 Å². The van der Waals surface area contributed by atoms with Crippen LogP contribution >= 0.6 is 15.9 Å². The molecule has 2 rings (SSSR count). The van der Waals surface area contributed by atoms with Crippen LogP contribution < -0.4 is 10.1 Å². The van der Waals surface area contributed by atoms with Gasteiger partial charge in [-0.05, 0) is 37.6 Å². The summed E-state index contributed by atoms with van der Waals surface area (Å²) in [6.45, 7) is 10.0. The summed E-state index contributed by atoms with van der Waals surface area (Å²) >= 11 is 3.59. The molecular formula is C16H25BrN2O2. The van der Waals surface area contributed by atoms with E-state index in [1.807, 2.05) is 12.1 Å². The summed E-state index contributed by atoms with van der Waals surface area (Å²) in [7, 11) is 1.70. The molecule has 0 radical (unpaired) electrons. The van der Waals surface area contributed by atoms with Crippen molar-refractivity contribution in [1.29, 1.82) is 0 Å². The van der Waals surface area contributed by atoms with Gasteiger partial charge in [0.1, 0.15) is 5.75 Å². The third-order valence-corrected chi connectivity index (χ3v) is 4.77. The van der Waals surface area contributed by atoms with E-state index in [9.17, 15) is 0 Å². The molecule has 1 heterocycles. The molecule has 1 aromatic rings. The van der Waals surface area contributed by atoms with Crippen molar-refractivity contribution in [2.45, 2.75) is 25.9 Å². The number of hydrogen-bond donors (Lipinski definition) is 1. The van der Waals surface area contributed by atoms with Crippen molar-refractivity contribution in [1.82, 2.24) is 10.2 Å². The molecule has 0 aliphatic carbocycles. The van der Waals surface area contributed by atoms with Crippen LogP contribution in [0.3, 0.4) is 0 Å². The van der Waals surface area contributed by atoms with Gasteiger partial charge in [0.05, 0.1) is 20.3 Å². The summed E-state index contributed by atoms with van der Waals surface area (Å²) in [5, 5.41) is 3.56. The highest BCUT2D eigenvalue weighted by molar-refractivity contribution is 9.10. The van der Waals surface area contributed by atoms with Crippen LogP contribution in [-0.4, -0.2) is 50.4 Å². The van der Waals surface area contributed by atoms with Gasteiger partial charge in [-0.15, -0.1) is 0 Å². The summed E-state index contributed by atoms with van der Waals surface area (Å²) in [6, 6.07) is 6.06. The minimum Gasteiger partial charge on any atom is -0.497 e. The van der Waals surface area contributed by atoms with E-state index < -0.39 is 0 Å². The normalized spacial score (nSPS) is 17.0. The van der Waals surface area contributed by atoms with Crippen LogP contribution in [0.25, 0.3) is 0 Å². The Balaban J connectivity index is 1.88. The molecule has 4 nitrogen and oxygen atoms in total. The molecule has 1 aliphatic rings. The maximum atomic E-state index is 5.43. The molecule has 1 aromatic carbocycles. The standard InChI is InChI=1S/C16H25BrN2O2/c1-16(2,19-6-8-21-9-7-19)12-18-11-13-10-14(20-3)4-5-15(13)17/h4-5,10,18H,6-9,11-12H2,1-3H3. The lowest BCUT2D eigenvalue weighted by Crippen LogP contribution is -2.54.